The first kappa shape index (κ1) is 13.2. The molecule has 1 heterocycles. The maximum absolute atomic E-state index is 9.55. The Balaban J connectivity index is 1.94. The second-order valence-electron chi connectivity index (χ2n) is 4.72. The van der Waals surface area contributed by atoms with E-state index in [1.165, 1.54) is 5.56 Å². The Morgan fingerprint density at radius 3 is 2.61 bits per heavy atom. The Morgan fingerprint density at radius 1 is 1.28 bits per heavy atom. The summed E-state index contributed by atoms with van der Waals surface area (Å²) in [6.07, 6.45) is 2.59. The number of phenolic OH excluding ortho intramolecular Hbond substituents is 1. The third-order valence-electron chi connectivity index (χ3n) is 3.52. The molecular formula is C14H21NO3. The minimum absolute atomic E-state index is 0.194. The van der Waals surface area contributed by atoms with Crippen LogP contribution >= 0.6 is 0 Å². The highest BCUT2D eigenvalue weighted by atomic mass is 16.5. The lowest BCUT2D eigenvalue weighted by molar-refractivity contribution is 0.0388. The molecule has 1 N–H and O–H groups in total. The van der Waals surface area contributed by atoms with Crippen LogP contribution in [0.5, 0.6) is 11.5 Å². The minimum Gasteiger partial charge on any atom is -0.504 e. The first-order chi connectivity index (χ1) is 8.72. The number of hydrogen-bond donors (Lipinski definition) is 1. The van der Waals surface area contributed by atoms with Crippen molar-refractivity contribution in [3.63, 3.8) is 0 Å². The second-order valence-corrected chi connectivity index (χ2v) is 4.72. The van der Waals surface area contributed by atoms with Gasteiger partial charge in [0.05, 0.1) is 13.2 Å². The topological polar surface area (TPSA) is 41.9 Å². The van der Waals surface area contributed by atoms with Crippen LogP contribution in [0.1, 0.15) is 18.4 Å². The molecule has 1 aromatic rings. The van der Waals surface area contributed by atoms with Crippen LogP contribution in [-0.4, -0.2) is 43.4 Å². The van der Waals surface area contributed by atoms with Crippen molar-refractivity contribution in [3.05, 3.63) is 23.8 Å². The number of likely N-dealkylation sites (tertiary alicyclic amines) is 1. The van der Waals surface area contributed by atoms with Crippen molar-refractivity contribution < 1.29 is 14.6 Å². The molecule has 0 unspecified atom stereocenters. The van der Waals surface area contributed by atoms with E-state index in [2.05, 4.69) is 4.90 Å². The number of aromatic hydroxyl groups is 1. The number of hydrogen-bond acceptors (Lipinski definition) is 4. The summed E-state index contributed by atoms with van der Waals surface area (Å²) in [5, 5.41) is 9.55. The molecule has 1 aliphatic heterocycles. The molecular weight excluding hydrogens is 230 g/mol. The van der Waals surface area contributed by atoms with Gasteiger partial charge in [-0.15, -0.1) is 0 Å². The lowest BCUT2D eigenvalue weighted by Gasteiger charge is -2.31. The maximum Gasteiger partial charge on any atom is 0.160 e. The normalized spacial score (nSPS) is 17.9. The van der Waals surface area contributed by atoms with Crippen molar-refractivity contribution in [2.75, 3.05) is 27.3 Å². The molecule has 4 nitrogen and oxygen atoms in total. The largest absolute Gasteiger partial charge is 0.504 e. The SMILES string of the molecule is COc1cc(CN2CCC(OC)CC2)ccc1O. The first-order valence-corrected chi connectivity index (χ1v) is 6.34. The summed E-state index contributed by atoms with van der Waals surface area (Å²) in [4.78, 5) is 2.40. The third-order valence-corrected chi connectivity index (χ3v) is 3.52. The van der Waals surface area contributed by atoms with Crippen molar-refractivity contribution in [1.82, 2.24) is 4.90 Å². The van der Waals surface area contributed by atoms with Crippen molar-refractivity contribution in [1.29, 1.82) is 0 Å². The van der Waals surface area contributed by atoms with E-state index in [0.717, 1.165) is 32.5 Å². The van der Waals surface area contributed by atoms with Crippen LogP contribution in [-0.2, 0) is 11.3 Å². The van der Waals surface area contributed by atoms with Crippen molar-refractivity contribution in [2.24, 2.45) is 0 Å². The van der Waals surface area contributed by atoms with Gasteiger partial charge in [-0.25, -0.2) is 0 Å². The van der Waals surface area contributed by atoms with Gasteiger partial charge in [-0.05, 0) is 30.5 Å². The Labute approximate surface area is 108 Å². The molecule has 0 atom stereocenters. The first-order valence-electron chi connectivity index (χ1n) is 6.34. The fraction of sp³-hybridized carbons (Fsp3) is 0.571. The Bertz CT molecular complexity index is 387. The summed E-state index contributed by atoms with van der Waals surface area (Å²) in [6.45, 7) is 3.01. The zero-order valence-corrected chi connectivity index (χ0v) is 11.1. The molecule has 0 amide bonds. The Morgan fingerprint density at radius 2 is 2.00 bits per heavy atom. The summed E-state index contributed by atoms with van der Waals surface area (Å²) in [7, 11) is 3.36. The molecule has 4 heteroatoms. The molecule has 0 aliphatic carbocycles. The highest BCUT2D eigenvalue weighted by Crippen LogP contribution is 2.27. The van der Waals surface area contributed by atoms with Crippen LogP contribution in [0.4, 0.5) is 0 Å². The highest BCUT2D eigenvalue weighted by molar-refractivity contribution is 5.41. The van der Waals surface area contributed by atoms with Gasteiger partial charge < -0.3 is 14.6 Å². The van der Waals surface area contributed by atoms with Crippen LogP contribution in [0.15, 0.2) is 18.2 Å². The van der Waals surface area contributed by atoms with Crippen LogP contribution in [0.2, 0.25) is 0 Å². The number of methoxy groups -OCH3 is 2. The van der Waals surface area contributed by atoms with E-state index >= 15 is 0 Å². The van der Waals surface area contributed by atoms with E-state index in [1.54, 1.807) is 20.3 Å². The molecule has 1 aliphatic rings. The average molecular weight is 251 g/mol. The second kappa shape index (κ2) is 6.07. The van der Waals surface area contributed by atoms with Gasteiger partial charge in [0, 0.05) is 26.7 Å². The lowest BCUT2D eigenvalue weighted by atomic mass is 10.1. The number of benzene rings is 1. The Kier molecular flexibility index (Phi) is 4.44. The van der Waals surface area contributed by atoms with Crippen molar-refractivity contribution in [3.8, 4) is 11.5 Å². The summed E-state index contributed by atoms with van der Waals surface area (Å²) in [5.74, 6) is 0.735. The zero-order chi connectivity index (χ0) is 13.0. The van der Waals surface area contributed by atoms with Gasteiger partial charge in [0.15, 0.2) is 11.5 Å². The fourth-order valence-electron chi connectivity index (χ4n) is 2.38. The van der Waals surface area contributed by atoms with Crippen LogP contribution in [0.25, 0.3) is 0 Å². The smallest absolute Gasteiger partial charge is 0.160 e. The quantitative estimate of drug-likeness (QED) is 0.889. The van der Waals surface area contributed by atoms with E-state index in [1.807, 2.05) is 12.1 Å². The molecule has 0 spiro atoms. The fourth-order valence-corrected chi connectivity index (χ4v) is 2.38. The van der Waals surface area contributed by atoms with Crippen molar-refractivity contribution in [2.45, 2.75) is 25.5 Å². The van der Waals surface area contributed by atoms with E-state index in [-0.39, 0.29) is 5.75 Å². The van der Waals surface area contributed by atoms with Gasteiger partial charge in [-0.1, -0.05) is 6.07 Å². The molecule has 0 aromatic heterocycles. The zero-order valence-electron chi connectivity index (χ0n) is 11.1. The van der Waals surface area contributed by atoms with Crippen LogP contribution in [0.3, 0.4) is 0 Å². The van der Waals surface area contributed by atoms with Crippen LogP contribution < -0.4 is 4.74 Å². The number of nitrogens with zero attached hydrogens (tertiary/aromatic N) is 1. The molecule has 1 aromatic carbocycles. The van der Waals surface area contributed by atoms with E-state index in [9.17, 15) is 5.11 Å². The lowest BCUT2D eigenvalue weighted by Crippen LogP contribution is -2.36. The molecule has 2 rings (SSSR count). The van der Waals surface area contributed by atoms with Crippen molar-refractivity contribution >= 4 is 0 Å². The molecule has 0 saturated carbocycles. The number of rotatable bonds is 4. The number of phenols is 1. The number of piperidine rings is 1. The van der Waals surface area contributed by atoms with Gasteiger partial charge in [0.2, 0.25) is 0 Å². The van der Waals surface area contributed by atoms with Gasteiger partial charge >= 0.3 is 0 Å². The summed E-state index contributed by atoms with van der Waals surface area (Å²) in [5.41, 5.74) is 1.17. The third kappa shape index (κ3) is 3.15. The van der Waals surface area contributed by atoms with E-state index in [0.29, 0.717) is 11.9 Å². The summed E-state index contributed by atoms with van der Waals surface area (Å²) >= 11 is 0. The predicted molar refractivity (Wildman–Crippen MR) is 70.0 cm³/mol. The minimum atomic E-state index is 0.194. The highest BCUT2D eigenvalue weighted by Gasteiger charge is 2.18. The Hall–Kier alpha value is -1.26. The monoisotopic (exact) mass is 251 g/mol. The van der Waals surface area contributed by atoms with Gasteiger partial charge in [0.1, 0.15) is 0 Å². The summed E-state index contributed by atoms with van der Waals surface area (Å²) in [6, 6.07) is 5.54. The molecule has 18 heavy (non-hydrogen) atoms. The van der Waals surface area contributed by atoms with E-state index in [4.69, 9.17) is 9.47 Å². The average Bonchev–Trinajstić information content (AvgIpc) is 2.42. The van der Waals surface area contributed by atoms with Crippen LogP contribution in [0, 0.1) is 0 Å². The van der Waals surface area contributed by atoms with Gasteiger partial charge in [-0.2, -0.15) is 0 Å². The molecule has 1 saturated heterocycles. The summed E-state index contributed by atoms with van der Waals surface area (Å²) < 4.78 is 10.5. The predicted octanol–water partition coefficient (Wildman–Crippen LogP) is 2.01. The molecule has 0 radical (unpaired) electrons. The maximum atomic E-state index is 9.55. The van der Waals surface area contributed by atoms with Gasteiger partial charge in [-0.3, -0.25) is 4.90 Å². The van der Waals surface area contributed by atoms with Gasteiger partial charge in [0.25, 0.3) is 0 Å². The standard InChI is InChI=1S/C14H21NO3/c1-17-12-5-7-15(8-6-12)10-11-3-4-13(16)14(9-11)18-2/h3-4,9,12,16H,5-8,10H2,1-2H3. The molecule has 0 bridgehead atoms. The molecule has 1 fully saturated rings. The molecule has 100 valence electrons. The van der Waals surface area contributed by atoms with E-state index < -0.39 is 0 Å². The number of ether oxygens (including phenoxy) is 2.